The molecule has 0 bridgehead atoms. The summed E-state index contributed by atoms with van der Waals surface area (Å²) < 4.78 is 10.6. The smallest absolute Gasteiger partial charge is 0.338 e. The van der Waals surface area contributed by atoms with Gasteiger partial charge in [0, 0.05) is 31.0 Å². The van der Waals surface area contributed by atoms with Crippen LogP contribution in [0.1, 0.15) is 72.4 Å². The molecule has 3 amide bonds. The number of furan rings is 1. The second-order valence-corrected chi connectivity index (χ2v) is 9.82. The maximum atomic E-state index is 13.8. The zero-order valence-corrected chi connectivity index (χ0v) is 23.3. The Hall–Kier alpha value is -4.27. The fourth-order valence-electron chi connectivity index (χ4n) is 4.75. The second-order valence-electron chi connectivity index (χ2n) is 9.82. The molecule has 9 heteroatoms. The molecule has 0 aliphatic carbocycles. The standard InChI is InChI=1S/C31H38N4O5/c1-3-5-17-35(22-26-10-9-20-40-26)28-16-15-25(21-27(28)29(36)34-18-7-6-8-19-34)33-31(38)32-24-13-11-23(12-14-24)30(37)39-4-2/h9-16,20-21H,3-8,17-19,22H2,1-2H3,(H2,32,33,38). The van der Waals surface area contributed by atoms with E-state index in [9.17, 15) is 14.4 Å². The minimum Gasteiger partial charge on any atom is -0.467 e. The molecule has 0 spiro atoms. The number of hydrogen-bond donors (Lipinski definition) is 2. The van der Waals surface area contributed by atoms with Crippen LogP contribution in [-0.4, -0.2) is 49.0 Å². The van der Waals surface area contributed by atoms with Crippen molar-refractivity contribution in [1.29, 1.82) is 0 Å². The molecule has 40 heavy (non-hydrogen) atoms. The quantitative estimate of drug-likeness (QED) is 0.265. The summed E-state index contributed by atoms with van der Waals surface area (Å²) >= 11 is 0. The molecule has 0 unspecified atom stereocenters. The van der Waals surface area contributed by atoms with Crippen molar-refractivity contribution in [3.63, 3.8) is 0 Å². The maximum absolute atomic E-state index is 13.8. The Kier molecular flexibility index (Phi) is 10.2. The molecule has 1 fully saturated rings. The minimum atomic E-state index is -0.452. The largest absolute Gasteiger partial charge is 0.467 e. The van der Waals surface area contributed by atoms with Gasteiger partial charge in [-0.25, -0.2) is 9.59 Å². The van der Waals surface area contributed by atoms with E-state index < -0.39 is 12.0 Å². The van der Waals surface area contributed by atoms with Gasteiger partial charge in [0.05, 0.1) is 36.2 Å². The predicted octanol–water partition coefficient (Wildman–Crippen LogP) is 6.53. The molecule has 1 aromatic heterocycles. The fourth-order valence-corrected chi connectivity index (χ4v) is 4.75. The number of likely N-dealkylation sites (tertiary alicyclic amines) is 1. The highest BCUT2D eigenvalue weighted by atomic mass is 16.5. The van der Waals surface area contributed by atoms with Crippen molar-refractivity contribution >= 4 is 35.0 Å². The number of hydrogen-bond acceptors (Lipinski definition) is 6. The molecule has 1 saturated heterocycles. The first-order chi connectivity index (χ1) is 19.5. The lowest BCUT2D eigenvalue weighted by atomic mass is 10.1. The number of unbranched alkanes of at least 4 members (excludes halogenated alkanes) is 1. The number of nitrogens with zero attached hydrogens (tertiary/aromatic N) is 2. The topological polar surface area (TPSA) is 104 Å². The minimum absolute atomic E-state index is 0.0331. The summed E-state index contributed by atoms with van der Waals surface area (Å²) in [5.41, 5.74) is 2.82. The third-order valence-corrected chi connectivity index (χ3v) is 6.83. The number of ether oxygens (including phenoxy) is 1. The zero-order chi connectivity index (χ0) is 28.3. The Balaban J connectivity index is 1.55. The van der Waals surface area contributed by atoms with Crippen molar-refractivity contribution in [3.8, 4) is 0 Å². The molecule has 1 aliphatic heterocycles. The first kappa shape index (κ1) is 28.7. The van der Waals surface area contributed by atoms with Crippen LogP contribution in [0, 0.1) is 0 Å². The summed E-state index contributed by atoms with van der Waals surface area (Å²) in [5, 5.41) is 5.63. The molecule has 2 N–H and O–H groups in total. The zero-order valence-electron chi connectivity index (χ0n) is 23.3. The van der Waals surface area contributed by atoms with Gasteiger partial charge in [0.1, 0.15) is 5.76 Å². The van der Waals surface area contributed by atoms with E-state index in [1.807, 2.05) is 29.2 Å². The van der Waals surface area contributed by atoms with Crippen LogP contribution in [0.25, 0.3) is 0 Å². The number of amides is 3. The average molecular weight is 547 g/mol. The van der Waals surface area contributed by atoms with Crippen LogP contribution in [0.5, 0.6) is 0 Å². The molecule has 0 saturated carbocycles. The van der Waals surface area contributed by atoms with Gasteiger partial charge in [-0.1, -0.05) is 13.3 Å². The highest BCUT2D eigenvalue weighted by Crippen LogP contribution is 2.29. The van der Waals surface area contributed by atoms with Crippen LogP contribution >= 0.6 is 0 Å². The van der Waals surface area contributed by atoms with E-state index in [1.54, 1.807) is 43.5 Å². The first-order valence-corrected chi connectivity index (χ1v) is 14.0. The van der Waals surface area contributed by atoms with Crippen LogP contribution in [0.3, 0.4) is 0 Å². The van der Waals surface area contributed by atoms with Crippen molar-refractivity contribution in [2.75, 3.05) is 41.8 Å². The third-order valence-electron chi connectivity index (χ3n) is 6.83. The van der Waals surface area contributed by atoms with Crippen LogP contribution in [0.2, 0.25) is 0 Å². The molecule has 1 aliphatic rings. The van der Waals surface area contributed by atoms with E-state index >= 15 is 0 Å². The lowest BCUT2D eigenvalue weighted by Gasteiger charge is -2.31. The van der Waals surface area contributed by atoms with Crippen molar-refractivity contribution in [2.45, 2.75) is 52.5 Å². The molecular weight excluding hydrogens is 508 g/mol. The predicted molar refractivity (Wildman–Crippen MR) is 156 cm³/mol. The average Bonchev–Trinajstić information content (AvgIpc) is 3.49. The Morgan fingerprint density at radius 2 is 1.68 bits per heavy atom. The number of nitrogens with one attached hydrogen (secondary N) is 2. The maximum Gasteiger partial charge on any atom is 0.338 e. The van der Waals surface area contributed by atoms with Gasteiger partial charge < -0.3 is 29.6 Å². The monoisotopic (exact) mass is 546 g/mol. The number of urea groups is 1. The Morgan fingerprint density at radius 1 is 0.950 bits per heavy atom. The van der Waals surface area contributed by atoms with Crippen molar-refractivity contribution in [2.24, 2.45) is 0 Å². The first-order valence-electron chi connectivity index (χ1n) is 14.0. The van der Waals surface area contributed by atoms with E-state index in [1.165, 1.54) is 0 Å². The van der Waals surface area contributed by atoms with Crippen LogP contribution in [-0.2, 0) is 11.3 Å². The van der Waals surface area contributed by atoms with Gasteiger partial charge in [-0.15, -0.1) is 0 Å². The normalized spacial score (nSPS) is 13.0. The summed E-state index contributed by atoms with van der Waals surface area (Å²) in [6.07, 6.45) is 6.74. The van der Waals surface area contributed by atoms with Crippen molar-refractivity contribution in [3.05, 3.63) is 77.7 Å². The van der Waals surface area contributed by atoms with E-state index in [0.29, 0.717) is 35.7 Å². The summed E-state index contributed by atoms with van der Waals surface area (Å²) in [5.74, 6) is 0.377. The highest BCUT2D eigenvalue weighted by molar-refractivity contribution is 6.04. The van der Waals surface area contributed by atoms with Gasteiger partial charge in [0.15, 0.2) is 0 Å². The molecule has 9 nitrogen and oxygen atoms in total. The fraction of sp³-hybridized carbons (Fsp3) is 0.387. The number of benzene rings is 2. The van der Waals surface area contributed by atoms with Gasteiger partial charge in [-0.2, -0.15) is 0 Å². The number of anilines is 3. The van der Waals surface area contributed by atoms with E-state index in [4.69, 9.17) is 9.15 Å². The molecule has 2 aromatic carbocycles. The lowest BCUT2D eigenvalue weighted by molar-refractivity contribution is 0.0526. The molecule has 0 atom stereocenters. The van der Waals surface area contributed by atoms with Crippen molar-refractivity contribution < 1.29 is 23.5 Å². The van der Waals surface area contributed by atoms with Gasteiger partial charge in [-0.05, 0) is 87.2 Å². The molecule has 2 heterocycles. The Bertz CT molecular complexity index is 1270. The third kappa shape index (κ3) is 7.65. The highest BCUT2D eigenvalue weighted by Gasteiger charge is 2.24. The summed E-state index contributed by atoms with van der Waals surface area (Å²) in [6, 6.07) is 15.3. The van der Waals surface area contributed by atoms with Crippen LogP contribution in [0.15, 0.2) is 65.3 Å². The van der Waals surface area contributed by atoms with E-state index in [0.717, 1.165) is 63.2 Å². The van der Waals surface area contributed by atoms with Gasteiger partial charge in [0.2, 0.25) is 0 Å². The molecule has 0 radical (unpaired) electrons. The number of carbonyl (C=O) groups excluding carboxylic acids is 3. The van der Waals surface area contributed by atoms with Gasteiger partial charge in [0.25, 0.3) is 5.91 Å². The number of esters is 1. The number of piperidine rings is 1. The Morgan fingerprint density at radius 3 is 2.35 bits per heavy atom. The number of rotatable bonds is 11. The SMILES string of the molecule is CCCCN(Cc1ccco1)c1ccc(NC(=O)Nc2ccc(C(=O)OCC)cc2)cc1C(=O)N1CCCCC1. The molecular formula is C31H38N4O5. The molecule has 4 rings (SSSR count). The second kappa shape index (κ2) is 14.2. The summed E-state index contributed by atoms with van der Waals surface area (Å²) in [7, 11) is 0. The van der Waals surface area contributed by atoms with Crippen LogP contribution < -0.4 is 15.5 Å². The summed E-state index contributed by atoms with van der Waals surface area (Å²) in [4.78, 5) is 42.6. The lowest BCUT2D eigenvalue weighted by Crippen LogP contribution is -2.37. The molecule has 3 aromatic rings. The van der Waals surface area contributed by atoms with Gasteiger partial charge >= 0.3 is 12.0 Å². The summed E-state index contributed by atoms with van der Waals surface area (Å²) in [6.45, 7) is 6.95. The Labute approximate surface area is 235 Å². The number of carbonyl (C=O) groups is 3. The van der Waals surface area contributed by atoms with E-state index in [2.05, 4.69) is 22.5 Å². The van der Waals surface area contributed by atoms with Gasteiger partial charge in [-0.3, -0.25) is 4.79 Å². The molecule has 212 valence electrons. The van der Waals surface area contributed by atoms with Crippen LogP contribution in [0.4, 0.5) is 21.9 Å². The van der Waals surface area contributed by atoms with E-state index in [-0.39, 0.29) is 5.91 Å². The van der Waals surface area contributed by atoms with Crippen molar-refractivity contribution in [1.82, 2.24) is 4.90 Å².